The highest BCUT2D eigenvalue weighted by Crippen LogP contribution is 2.26. The molecule has 30 heavy (non-hydrogen) atoms. The van der Waals surface area contributed by atoms with Gasteiger partial charge < -0.3 is 21.1 Å². The molecule has 1 heterocycles. The summed E-state index contributed by atoms with van der Waals surface area (Å²) < 4.78 is 32.3. The van der Waals surface area contributed by atoms with E-state index >= 15 is 0 Å². The number of nitrogens with zero attached hydrogens (tertiary/aromatic N) is 1. The molecule has 0 aromatic heterocycles. The van der Waals surface area contributed by atoms with Gasteiger partial charge >= 0.3 is 6.03 Å². The highest BCUT2D eigenvalue weighted by molar-refractivity contribution is 7.89. The Hall–Kier alpha value is -3.11. The second-order valence-corrected chi connectivity index (χ2v) is 8.87. The van der Waals surface area contributed by atoms with Crippen LogP contribution in [0.4, 0.5) is 16.2 Å². The Labute approximate surface area is 175 Å². The second kappa shape index (κ2) is 9.14. The van der Waals surface area contributed by atoms with Crippen LogP contribution in [0.3, 0.4) is 0 Å². The molecule has 4 N–H and O–H groups in total. The van der Waals surface area contributed by atoms with Crippen molar-refractivity contribution in [1.29, 1.82) is 0 Å². The smallest absolute Gasteiger partial charge is 0.316 e. The fourth-order valence-electron chi connectivity index (χ4n) is 3.33. The first-order chi connectivity index (χ1) is 14.3. The second-order valence-electron chi connectivity index (χ2n) is 6.94. The first-order valence-corrected chi connectivity index (χ1v) is 10.8. The maximum atomic E-state index is 13.0. The molecule has 1 unspecified atom stereocenters. The number of hydrogen-bond donors (Lipinski definition) is 3. The Morgan fingerprint density at radius 3 is 2.40 bits per heavy atom. The number of carbonyl (C=O) groups excluding carboxylic acids is 2. The lowest BCUT2D eigenvalue weighted by molar-refractivity contribution is -0.120. The summed E-state index contributed by atoms with van der Waals surface area (Å²) in [4.78, 5) is 23.9. The van der Waals surface area contributed by atoms with Gasteiger partial charge in [0.2, 0.25) is 15.9 Å². The van der Waals surface area contributed by atoms with Gasteiger partial charge in [0.05, 0.1) is 17.9 Å². The van der Waals surface area contributed by atoms with E-state index in [1.165, 1.54) is 23.5 Å². The number of ether oxygens (including phenoxy) is 1. The lowest BCUT2D eigenvalue weighted by Gasteiger charge is -2.31. The molecule has 10 heteroatoms. The number of benzene rings is 2. The predicted molar refractivity (Wildman–Crippen MR) is 113 cm³/mol. The van der Waals surface area contributed by atoms with Gasteiger partial charge in [-0.3, -0.25) is 4.79 Å². The average Bonchev–Trinajstić information content (AvgIpc) is 2.73. The van der Waals surface area contributed by atoms with Crippen molar-refractivity contribution in [2.75, 3.05) is 30.8 Å². The van der Waals surface area contributed by atoms with Crippen LogP contribution in [0.1, 0.15) is 12.8 Å². The molecule has 2 aromatic rings. The maximum absolute atomic E-state index is 13.0. The summed E-state index contributed by atoms with van der Waals surface area (Å²) in [7, 11) is -2.20. The molecule has 9 nitrogen and oxygen atoms in total. The zero-order valence-corrected chi connectivity index (χ0v) is 17.3. The summed E-state index contributed by atoms with van der Waals surface area (Å²) in [6.07, 6.45) is 1.16. The summed E-state index contributed by atoms with van der Waals surface area (Å²) >= 11 is 0. The van der Waals surface area contributed by atoms with Crippen LogP contribution in [-0.2, 0) is 14.8 Å². The lowest BCUT2D eigenvalue weighted by atomic mass is 9.98. The van der Waals surface area contributed by atoms with E-state index in [4.69, 9.17) is 10.5 Å². The minimum absolute atomic E-state index is 0.0966. The maximum Gasteiger partial charge on any atom is 0.316 e. The molecule has 1 aliphatic rings. The van der Waals surface area contributed by atoms with E-state index in [-0.39, 0.29) is 17.3 Å². The van der Waals surface area contributed by atoms with Crippen molar-refractivity contribution in [2.24, 2.45) is 11.7 Å². The first-order valence-electron chi connectivity index (χ1n) is 9.41. The third kappa shape index (κ3) is 5.08. The number of urea groups is 1. The summed E-state index contributed by atoms with van der Waals surface area (Å²) in [6, 6.07) is 12.0. The van der Waals surface area contributed by atoms with Crippen LogP contribution in [0.2, 0.25) is 0 Å². The fourth-order valence-corrected chi connectivity index (χ4v) is 4.86. The van der Waals surface area contributed by atoms with Crippen molar-refractivity contribution >= 4 is 33.3 Å². The largest absolute Gasteiger partial charge is 0.497 e. The average molecular weight is 433 g/mol. The van der Waals surface area contributed by atoms with Gasteiger partial charge in [-0.15, -0.1) is 0 Å². The molecular formula is C20H24N4O5S. The zero-order chi connectivity index (χ0) is 21.7. The number of nitrogens with two attached hydrogens (primary N) is 1. The van der Waals surface area contributed by atoms with Gasteiger partial charge in [-0.2, -0.15) is 4.31 Å². The van der Waals surface area contributed by atoms with E-state index in [2.05, 4.69) is 10.6 Å². The summed E-state index contributed by atoms with van der Waals surface area (Å²) in [5, 5.41) is 5.23. The molecule has 3 amide bonds. The van der Waals surface area contributed by atoms with E-state index in [1.54, 1.807) is 36.4 Å². The highest BCUT2D eigenvalue weighted by atomic mass is 32.2. The van der Waals surface area contributed by atoms with Gasteiger partial charge in [0, 0.05) is 24.5 Å². The number of nitrogens with one attached hydrogen (secondary N) is 2. The van der Waals surface area contributed by atoms with Crippen molar-refractivity contribution in [2.45, 2.75) is 17.7 Å². The number of methoxy groups -OCH3 is 1. The Bertz CT molecular complexity index is 1020. The number of piperidine rings is 1. The standard InChI is InChI=1S/C20H24N4O5S/c1-29-17-7-9-18(10-8-17)30(27,28)24-11-3-4-14(13-24)19(25)22-15-5-2-6-16(12-15)23-20(21)26/h2,5-10,12,14H,3-4,11,13H2,1H3,(H,22,25)(H3,21,23,26). The van der Waals surface area contributed by atoms with Crippen LogP contribution < -0.4 is 21.1 Å². The number of amides is 3. The molecule has 160 valence electrons. The molecule has 0 aliphatic carbocycles. The van der Waals surface area contributed by atoms with Crippen molar-refractivity contribution < 1.29 is 22.7 Å². The van der Waals surface area contributed by atoms with Crippen LogP contribution in [-0.4, -0.2) is 44.9 Å². The van der Waals surface area contributed by atoms with Crippen molar-refractivity contribution in [3.8, 4) is 5.75 Å². The number of sulfonamides is 1. The van der Waals surface area contributed by atoms with Gasteiger partial charge in [0.25, 0.3) is 0 Å². The van der Waals surface area contributed by atoms with Crippen LogP contribution in [0.15, 0.2) is 53.4 Å². The van der Waals surface area contributed by atoms with Gasteiger partial charge in [-0.25, -0.2) is 13.2 Å². The normalized spacial score (nSPS) is 17.2. The number of carbonyl (C=O) groups is 2. The number of rotatable bonds is 6. The van der Waals surface area contributed by atoms with E-state index in [9.17, 15) is 18.0 Å². The van der Waals surface area contributed by atoms with E-state index < -0.39 is 22.0 Å². The Morgan fingerprint density at radius 2 is 1.77 bits per heavy atom. The molecule has 1 aliphatic heterocycles. The monoisotopic (exact) mass is 432 g/mol. The number of primary amides is 1. The van der Waals surface area contributed by atoms with Crippen molar-refractivity contribution in [1.82, 2.24) is 4.31 Å². The number of anilines is 2. The van der Waals surface area contributed by atoms with Gasteiger partial charge in [0.15, 0.2) is 0 Å². The molecule has 0 radical (unpaired) electrons. The van der Waals surface area contributed by atoms with Crippen LogP contribution in [0.25, 0.3) is 0 Å². The molecule has 1 saturated heterocycles. The van der Waals surface area contributed by atoms with Gasteiger partial charge in [0.1, 0.15) is 5.75 Å². The van der Waals surface area contributed by atoms with Crippen LogP contribution >= 0.6 is 0 Å². The molecule has 0 bridgehead atoms. The Balaban J connectivity index is 1.69. The van der Waals surface area contributed by atoms with Gasteiger partial charge in [-0.05, 0) is 55.3 Å². The highest BCUT2D eigenvalue weighted by Gasteiger charge is 2.33. The van der Waals surface area contributed by atoms with Gasteiger partial charge in [-0.1, -0.05) is 6.07 Å². The molecule has 3 rings (SSSR count). The summed E-state index contributed by atoms with van der Waals surface area (Å²) in [5.41, 5.74) is 6.05. The summed E-state index contributed by atoms with van der Waals surface area (Å²) in [5.74, 6) is -0.196. The topological polar surface area (TPSA) is 131 Å². The molecule has 1 atom stereocenters. The minimum atomic E-state index is -3.71. The van der Waals surface area contributed by atoms with E-state index in [0.717, 1.165) is 0 Å². The SMILES string of the molecule is COc1ccc(S(=O)(=O)N2CCCC(C(=O)Nc3cccc(NC(N)=O)c3)C2)cc1. The molecular weight excluding hydrogens is 408 g/mol. The molecule has 1 fully saturated rings. The number of hydrogen-bond acceptors (Lipinski definition) is 5. The minimum Gasteiger partial charge on any atom is -0.497 e. The van der Waals surface area contributed by atoms with Crippen LogP contribution in [0.5, 0.6) is 5.75 Å². The van der Waals surface area contributed by atoms with Crippen molar-refractivity contribution in [3.63, 3.8) is 0 Å². The Kier molecular flexibility index (Phi) is 6.58. The third-order valence-corrected chi connectivity index (χ3v) is 6.73. The van der Waals surface area contributed by atoms with Crippen molar-refractivity contribution in [3.05, 3.63) is 48.5 Å². The predicted octanol–water partition coefficient (Wildman–Crippen LogP) is 2.23. The fraction of sp³-hybridized carbons (Fsp3) is 0.300. The molecule has 2 aromatic carbocycles. The quantitative estimate of drug-likeness (QED) is 0.644. The van der Waals surface area contributed by atoms with E-state index in [1.807, 2.05) is 0 Å². The van der Waals surface area contributed by atoms with Crippen LogP contribution in [0, 0.1) is 5.92 Å². The first kappa shape index (κ1) is 21.6. The summed E-state index contributed by atoms with van der Waals surface area (Å²) in [6.45, 7) is 0.454. The zero-order valence-electron chi connectivity index (χ0n) is 16.5. The van der Waals surface area contributed by atoms with E-state index in [0.29, 0.717) is 36.5 Å². The molecule has 0 spiro atoms. The molecule has 0 saturated carbocycles. The third-order valence-electron chi connectivity index (χ3n) is 4.85. The Morgan fingerprint density at radius 1 is 1.10 bits per heavy atom. The lowest BCUT2D eigenvalue weighted by Crippen LogP contribution is -2.43.